The van der Waals surface area contributed by atoms with Crippen LogP contribution in [0.4, 0.5) is 22.0 Å². The lowest BCUT2D eigenvalue weighted by Crippen LogP contribution is -2.36. The summed E-state index contributed by atoms with van der Waals surface area (Å²) in [5.74, 6) is -11.4. The van der Waals surface area contributed by atoms with E-state index in [-0.39, 0.29) is 15.9 Å². The molecule has 2 rings (SSSR count). The molecular weight excluding hydrogens is 385 g/mol. The molecule has 0 heterocycles. The van der Waals surface area contributed by atoms with Gasteiger partial charge in [-0.1, -0.05) is 18.2 Å². The molecule has 5 nitrogen and oxygen atoms in total. The molecule has 11 heteroatoms. The van der Waals surface area contributed by atoms with Crippen molar-refractivity contribution < 1.29 is 40.3 Å². The van der Waals surface area contributed by atoms with Gasteiger partial charge < -0.3 is 5.11 Å². The van der Waals surface area contributed by atoms with Crippen molar-refractivity contribution in [2.45, 2.75) is 11.4 Å². The second kappa shape index (κ2) is 7.38. The maximum Gasteiger partial charge on any atom is 0.318 e. The quantitative estimate of drug-likeness (QED) is 0.464. The van der Waals surface area contributed by atoms with Crippen molar-refractivity contribution in [1.29, 1.82) is 0 Å². The molecule has 0 aliphatic carbocycles. The highest BCUT2D eigenvalue weighted by molar-refractivity contribution is 7.89. The number of carboxylic acid groups (broad SMARTS) is 1. The normalized spacial score (nSPS) is 11.8. The molecule has 0 saturated carbocycles. The molecule has 140 valence electrons. The number of nitrogens with zero attached hydrogens (tertiary/aromatic N) is 1. The molecule has 1 N–H and O–H groups in total. The van der Waals surface area contributed by atoms with Crippen molar-refractivity contribution in [1.82, 2.24) is 4.31 Å². The zero-order valence-corrected chi connectivity index (χ0v) is 13.5. The Morgan fingerprint density at radius 2 is 1.58 bits per heavy atom. The van der Waals surface area contributed by atoms with Crippen LogP contribution in [0.1, 0.15) is 5.56 Å². The van der Waals surface area contributed by atoms with Crippen molar-refractivity contribution in [3.8, 4) is 0 Å². The van der Waals surface area contributed by atoms with E-state index in [0.29, 0.717) is 0 Å². The summed E-state index contributed by atoms with van der Waals surface area (Å²) in [6.45, 7) is -2.11. The van der Waals surface area contributed by atoms with Crippen molar-refractivity contribution in [2.75, 3.05) is 6.54 Å². The molecule has 0 fully saturated rings. The van der Waals surface area contributed by atoms with E-state index >= 15 is 0 Å². The molecule has 2 aromatic carbocycles. The minimum Gasteiger partial charge on any atom is -0.480 e. The molecule has 0 saturated heterocycles. The van der Waals surface area contributed by atoms with Crippen molar-refractivity contribution >= 4 is 16.0 Å². The summed E-state index contributed by atoms with van der Waals surface area (Å²) in [6, 6.07) is 4.63. The zero-order chi connectivity index (χ0) is 19.6. The van der Waals surface area contributed by atoms with Crippen LogP contribution in [-0.4, -0.2) is 30.3 Å². The first kappa shape index (κ1) is 19.8. The number of carbonyl (C=O) groups is 1. The average Bonchev–Trinajstić information content (AvgIpc) is 2.57. The summed E-state index contributed by atoms with van der Waals surface area (Å²) in [6.07, 6.45) is 0. The highest BCUT2D eigenvalue weighted by Gasteiger charge is 2.33. The van der Waals surface area contributed by atoms with Gasteiger partial charge in [-0.25, -0.2) is 30.4 Å². The molecule has 0 aliphatic rings. The maximum atomic E-state index is 13.8. The van der Waals surface area contributed by atoms with Crippen LogP contribution >= 0.6 is 0 Å². The van der Waals surface area contributed by atoms with E-state index in [0.717, 1.165) is 12.1 Å². The standard InChI is InChI=1S/C15H10F5NO4S/c16-9-4-2-1-3-8(9)6-21(7-12(22)23)26(24,25)11-5-10(17)13(18)15(20)14(11)19/h1-5H,6-7H2,(H,22,23). The van der Waals surface area contributed by atoms with Gasteiger partial charge in [0.1, 0.15) is 17.3 Å². The number of aliphatic carboxylic acids is 1. The Hall–Kier alpha value is -2.53. The molecule has 0 unspecified atom stereocenters. The first-order valence-electron chi connectivity index (χ1n) is 6.84. The lowest BCUT2D eigenvalue weighted by atomic mass is 10.2. The number of benzene rings is 2. The van der Waals surface area contributed by atoms with E-state index in [9.17, 15) is 35.2 Å². The third kappa shape index (κ3) is 3.83. The van der Waals surface area contributed by atoms with Crippen molar-refractivity contribution in [3.05, 3.63) is 65.0 Å². The molecule has 0 spiro atoms. The van der Waals surface area contributed by atoms with Crippen molar-refractivity contribution in [3.63, 3.8) is 0 Å². The van der Waals surface area contributed by atoms with Gasteiger partial charge >= 0.3 is 5.97 Å². The Morgan fingerprint density at radius 3 is 2.15 bits per heavy atom. The summed E-state index contributed by atoms with van der Waals surface area (Å²) < 4.78 is 92.3. The van der Waals surface area contributed by atoms with Crippen LogP contribution in [0, 0.1) is 29.1 Å². The van der Waals surface area contributed by atoms with Crippen LogP contribution in [0.15, 0.2) is 35.2 Å². The Kier molecular flexibility index (Phi) is 5.62. The fourth-order valence-corrected chi connectivity index (χ4v) is 3.51. The van der Waals surface area contributed by atoms with Crippen molar-refractivity contribution in [2.24, 2.45) is 0 Å². The molecule has 0 atom stereocenters. The van der Waals surface area contributed by atoms with Crippen LogP contribution in [0.5, 0.6) is 0 Å². The van der Waals surface area contributed by atoms with E-state index in [2.05, 4.69) is 0 Å². The van der Waals surface area contributed by atoms with E-state index in [4.69, 9.17) is 5.11 Å². The van der Waals surface area contributed by atoms with Crippen LogP contribution in [0.2, 0.25) is 0 Å². The Bertz CT molecular complexity index is 965. The van der Waals surface area contributed by atoms with Crippen LogP contribution < -0.4 is 0 Å². The van der Waals surface area contributed by atoms with E-state index < -0.39 is 63.1 Å². The van der Waals surface area contributed by atoms with Crippen LogP contribution in [0.25, 0.3) is 0 Å². The van der Waals surface area contributed by atoms with Gasteiger partial charge in [0.2, 0.25) is 10.0 Å². The minimum absolute atomic E-state index is 0.100. The van der Waals surface area contributed by atoms with Gasteiger partial charge in [0.15, 0.2) is 23.3 Å². The topological polar surface area (TPSA) is 74.7 Å². The summed E-state index contributed by atoms with van der Waals surface area (Å²) in [4.78, 5) is 9.33. The summed E-state index contributed by atoms with van der Waals surface area (Å²) in [7, 11) is -5.14. The second-order valence-corrected chi connectivity index (χ2v) is 6.96. The predicted molar refractivity (Wildman–Crippen MR) is 77.9 cm³/mol. The Balaban J connectivity index is 2.57. The average molecular weight is 395 g/mol. The fraction of sp³-hybridized carbons (Fsp3) is 0.133. The SMILES string of the molecule is O=C(O)CN(Cc1ccccc1F)S(=O)(=O)c1cc(F)c(F)c(F)c1F. The first-order chi connectivity index (χ1) is 12.1. The third-order valence-electron chi connectivity index (χ3n) is 3.30. The van der Waals surface area contributed by atoms with E-state index in [1.54, 1.807) is 0 Å². The number of hydrogen-bond acceptors (Lipinski definition) is 3. The van der Waals surface area contributed by atoms with Gasteiger partial charge in [-0.2, -0.15) is 4.31 Å². The number of sulfonamides is 1. The summed E-state index contributed by atoms with van der Waals surface area (Å²) in [5.41, 5.74) is -0.263. The largest absolute Gasteiger partial charge is 0.480 e. The molecule has 26 heavy (non-hydrogen) atoms. The molecule has 0 aromatic heterocycles. The Morgan fingerprint density at radius 1 is 0.962 bits per heavy atom. The summed E-state index contributed by atoms with van der Waals surface area (Å²) in [5, 5.41) is 8.86. The van der Waals surface area contributed by atoms with Gasteiger partial charge in [-0.05, 0) is 6.07 Å². The van der Waals surface area contributed by atoms with Crippen LogP contribution in [0.3, 0.4) is 0 Å². The summed E-state index contributed by atoms with van der Waals surface area (Å²) >= 11 is 0. The molecule has 0 aliphatic heterocycles. The van der Waals surface area contributed by atoms with Crippen LogP contribution in [-0.2, 0) is 21.4 Å². The lowest BCUT2D eigenvalue weighted by Gasteiger charge is -2.21. The highest BCUT2D eigenvalue weighted by atomic mass is 32.2. The van der Waals surface area contributed by atoms with Gasteiger partial charge in [0.05, 0.1) is 0 Å². The maximum absolute atomic E-state index is 13.8. The number of halogens is 5. The van der Waals surface area contributed by atoms with E-state index in [1.165, 1.54) is 12.1 Å². The smallest absolute Gasteiger partial charge is 0.318 e. The number of rotatable bonds is 6. The predicted octanol–water partition coefficient (Wildman–Crippen LogP) is 2.66. The zero-order valence-electron chi connectivity index (χ0n) is 12.7. The van der Waals surface area contributed by atoms with Gasteiger partial charge in [-0.3, -0.25) is 4.79 Å². The third-order valence-corrected chi connectivity index (χ3v) is 5.09. The molecule has 2 aromatic rings. The number of hydrogen-bond donors (Lipinski definition) is 1. The van der Waals surface area contributed by atoms with E-state index in [1.807, 2.05) is 0 Å². The fourth-order valence-electron chi connectivity index (χ4n) is 2.07. The molecule has 0 radical (unpaired) electrons. The number of carboxylic acids is 1. The molecule has 0 bridgehead atoms. The Labute approximate surface area is 144 Å². The molecule has 0 amide bonds. The molecular formula is C15H10F5NO4S. The first-order valence-corrected chi connectivity index (χ1v) is 8.28. The minimum atomic E-state index is -5.14. The lowest BCUT2D eigenvalue weighted by molar-refractivity contribution is -0.137. The van der Waals surface area contributed by atoms with Gasteiger partial charge in [0, 0.05) is 18.2 Å². The second-order valence-electron chi connectivity index (χ2n) is 5.06. The highest BCUT2D eigenvalue weighted by Crippen LogP contribution is 2.26. The van der Waals surface area contributed by atoms with Gasteiger partial charge in [-0.15, -0.1) is 0 Å². The van der Waals surface area contributed by atoms with Gasteiger partial charge in [0.25, 0.3) is 0 Å². The monoisotopic (exact) mass is 395 g/mol.